The number of carbonyl (C=O) groups is 1. The summed E-state index contributed by atoms with van der Waals surface area (Å²) >= 11 is 0. The van der Waals surface area contributed by atoms with Crippen molar-refractivity contribution >= 4 is 15.5 Å². The van der Waals surface area contributed by atoms with Crippen LogP contribution in [0.15, 0.2) is 35.5 Å². The lowest BCUT2D eigenvalue weighted by atomic mass is 10.2. The molecular formula is C13H18O3Si. The second-order valence-corrected chi connectivity index (χ2v) is 5.33. The molecule has 1 aromatic rings. The fourth-order valence-electron chi connectivity index (χ4n) is 1.33. The number of carbonyl (C=O) groups excluding carboxylic acids is 1. The van der Waals surface area contributed by atoms with Gasteiger partial charge in [0.15, 0.2) is 0 Å². The molecule has 0 fully saturated rings. The van der Waals surface area contributed by atoms with Crippen LogP contribution in [-0.4, -0.2) is 28.8 Å². The first-order valence-electron chi connectivity index (χ1n) is 5.58. The van der Waals surface area contributed by atoms with Crippen LogP contribution in [0.5, 0.6) is 5.75 Å². The van der Waals surface area contributed by atoms with Crippen LogP contribution in [0.2, 0.25) is 0 Å². The van der Waals surface area contributed by atoms with Crippen LogP contribution in [0.25, 0.3) is 0 Å². The minimum Gasteiger partial charge on any atom is -0.498 e. The zero-order chi connectivity index (χ0) is 12.7. The van der Waals surface area contributed by atoms with Crippen LogP contribution in [0.1, 0.15) is 24.2 Å². The van der Waals surface area contributed by atoms with Crippen LogP contribution in [-0.2, 0) is 4.74 Å². The summed E-state index contributed by atoms with van der Waals surface area (Å²) in [5.74, 6) is 0.475. The third kappa shape index (κ3) is 4.87. The summed E-state index contributed by atoms with van der Waals surface area (Å²) in [6.45, 7) is 4.19. The minimum atomic E-state index is -0.324. The van der Waals surface area contributed by atoms with Gasteiger partial charge in [-0.15, -0.1) is 0 Å². The Morgan fingerprint density at radius 2 is 1.94 bits per heavy atom. The van der Waals surface area contributed by atoms with Gasteiger partial charge in [-0.2, -0.15) is 0 Å². The van der Waals surface area contributed by atoms with Gasteiger partial charge in [-0.1, -0.05) is 11.3 Å². The summed E-state index contributed by atoms with van der Waals surface area (Å²) in [4.78, 5) is 11.2. The molecule has 0 saturated carbocycles. The van der Waals surface area contributed by atoms with E-state index in [-0.39, 0.29) is 15.5 Å². The van der Waals surface area contributed by atoms with E-state index in [0.29, 0.717) is 5.56 Å². The molecule has 4 heteroatoms. The van der Waals surface area contributed by atoms with Crippen molar-refractivity contribution in [3.8, 4) is 5.75 Å². The molecule has 0 unspecified atom stereocenters. The van der Waals surface area contributed by atoms with E-state index in [0.717, 1.165) is 12.0 Å². The predicted molar refractivity (Wildman–Crippen MR) is 71.3 cm³/mol. The maximum absolute atomic E-state index is 11.2. The Kier molecular flexibility index (Phi) is 5.49. The molecule has 0 aliphatic rings. The molecule has 0 amide bonds. The lowest BCUT2D eigenvalue weighted by Gasteiger charge is -2.05. The molecule has 0 bridgehead atoms. The third-order valence-electron chi connectivity index (χ3n) is 2.21. The third-order valence-corrected chi connectivity index (χ3v) is 3.76. The van der Waals surface area contributed by atoms with Crippen molar-refractivity contribution in [2.24, 2.45) is 0 Å². The van der Waals surface area contributed by atoms with E-state index in [1.165, 1.54) is 12.7 Å². The summed E-state index contributed by atoms with van der Waals surface area (Å²) in [5.41, 5.74) is 4.16. The highest BCUT2D eigenvalue weighted by molar-refractivity contribution is 6.42. The van der Waals surface area contributed by atoms with E-state index < -0.39 is 0 Å². The topological polar surface area (TPSA) is 35.5 Å². The molecule has 1 rings (SSSR count). The van der Waals surface area contributed by atoms with Gasteiger partial charge < -0.3 is 9.47 Å². The second kappa shape index (κ2) is 6.91. The largest absolute Gasteiger partial charge is 0.498 e. The number of esters is 1. The maximum atomic E-state index is 11.2. The quantitative estimate of drug-likeness (QED) is 0.455. The molecule has 17 heavy (non-hydrogen) atoms. The van der Waals surface area contributed by atoms with Crippen molar-refractivity contribution in [2.75, 3.05) is 13.3 Å². The van der Waals surface area contributed by atoms with Gasteiger partial charge in [0.2, 0.25) is 0 Å². The number of hydrogen-bond donors (Lipinski definition) is 0. The monoisotopic (exact) mass is 250 g/mol. The SMILES string of the molecule is COC(=O)c1ccc(OC[SiH2]C=C(C)C)cc1. The molecule has 0 aliphatic heterocycles. The van der Waals surface area contributed by atoms with Gasteiger partial charge in [-0.05, 0) is 38.1 Å². The number of benzene rings is 1. The number of hydrogen-bond acceptors (Lipinski definition) is 3. The number of methoxy groups -OCH3 is 1. The molecule has 0 N–H and O–H groups in total. The standard InChI is InChI=1S/C13H18O3Si/c1-10(2)8-17-9-16-12-6-4-11(5-7-12)13(14)15-3/h4-8H,9,17H2,1-3H3. The Labute approximate surface area is 104 Å². The van der Waals surface area contributed by atoms with Crippen molar-refractivity contribution in [2.45, 2.75) is 13.8 Å². The average molecular weight is 250 g/mol. The van der Waals surface area contributed by atoms with E-state index >= 15 is 0 Å². The molecule has 3 nitrogen and oxygen atoms in total. The van der Waals surface area contributed by atoms with Gasteiger partial charge in [0.25, 0.3) is 0 Å². The molecule has 0 radical (unpaired) electrons. The first-order chi connectivity index (χ1) is 8.13. The Morgan fingerprint density at radius 3 is 2.47 bits per heavy atom. The van der Waals surface area contributed by atoms with Crippen molar-refractivity contribution in [1.29, 1.82) is 0 Å². The van der Waals surface area contributed by atoms with E-state index in [9.17, 15) is 4.79 Å². The fraction of sp³-hybridized carbons (Fsp3) is 0.308. The van der Waals surface area contributed by atoms with Crippen LogP contribution in [0.4, 0.5) is 0 Å². The summed E-state index contributed by atoms with van der Waals surface area (Å²) in [6, 6.07) is 7.01. The smallest absolute Gasteiger partial charge is 0.337 e. The van der Waals surface area contributed by atoms with E-state index in [1.54, 1.807) is 24.3 Å². The summed E-state index contributed by atoms with van der Waals surface area (Å²) in [6.07, 6.45) is 0.781. The van der Waals surface area contributed by atoms with E-state index in [1.807, 2.05) is 0 Å². The van der Waals surface area contributed by atoms with Crippen LogP contribution in [0, 0.1) is 0 Å². The van der Waals surface area contributed by atoms with Crippen molar-refractivity contribution in [3.05, 3.63) is 41.1 Å². The fourth-order valence-corrected chi connectivity index (χ4v) is 2.38. The van der Waals surface area contributed by atoms with Crippen molar-refractivity contribution in [1.82, 2.24) is 0 Å². The molecule has 0 spiro atoms. The Balaban J connectivity index is 2.46. The molecule has 0 aromatic heterocycles. The van der Waals surface area contributed by atoms with Gasteiger partial charge in [0.05, 0.1) is 28.4 Å². The Bertz CT molecular complexity index is 392. The highest BCUT2D eigenvalue weighted by Gasteiger charge is 2.04. The average Bonchev–Trinajstić information content (AvgIpc) is 2.34. The van der Waals surface area contributed by atoms with Crippen molar-refractivity contribution in [3.63, 3.8) is 0 Å². The molecule has 0 heterocycles. The zero-order valence-electron chi connectivity index (χ0n) is 10.5. The van der Waals surface area contributed by atoms with Crippen molar-refractivity contribution < 1.29 is 14.3 Å². The lowest BCUT2D eigenvalue weighted by molar-refractivity contribution is 0.0600. The van der Waals surface area contributed by atoms with Gasteiger partial charge in [-0.25, -0.2) is 4.79 Å². The number of allylic oxidation sites excluding steroid dienone is 1. The molecule has 0 saturated heterocycles. The molecule has 0 atom stereocenters. The zero-order valence-corrected chi connectivity index (χ0v) is 11.9. The van der Waals surface area contributed by atoms with Gasteiger partial charge in [0.1, 0.15) is 5.75 Å². The maximum Gasteiger partial charge on any atom is 0.337 e. The van der Waals surface area contributed by atoms with Gasteiger partial charge in [-0.3, -0.25) is 0 Å². The van der Waals surface area contributed by atoms with Crippen LogP contribution >= 0.6 is 0 Å². The highest BCUT2D eigenvalue weighted by Crippen LogP contribution is 2.12. The number of ether oxygens (including phenoxy) is 2. The molecular weight excluding hydrogens is 232 g/mol. The molecule has 0 aliphatic carbocycles. The number of rotatable bonds is 5. The molecule has 92 valence electrons. The summed E-state index contributed by atoms with van der Waals surface area (Å²) in [5, 5.41) is 0. The van der Waals surface area contributed by atoms with Crippen LogP contribution in [0.3, 0.4) is 0 Å². The Hall–Kier alpha value is -1.55. The van der Waals surface area contributed by atoms with E-state index in [4.69, 9.17) is 4.74 Å². The molecule has 1 aromatic carbocycles. The first-order valence-corrected chi connectivity index (χ1v) is 7.39. The van der Waals surface area contributed by atoms with Crippen LogP contribution < -0.4 is 4.74 Å². The van der Waals surface area contributed by atoms with E-state index in [2.05, 4.69) is 24.3 Å². The highest BCUT2D eigenvalue weighted by atomic mass is 28.2. The first kappa shape index (κ1) is 13.5. The minimum absolute atomic E-state index is 0.286. The summed E-state index contributed by atoms with van der Waals surface area (Å²) < 4.78 is 10.2. The second-order valence-electron chi connectivity index (χ2n) is 3.93. The lowest BCUT2D eigenvalue weighted by Crippen LogP contribution is -2.05. The Morgan fingerprint density at radius 1 is 1.29 bits per heavy atom. The van der Waals surface area contributed by atoms with Gasteiger partial charge >= 0.3 is 5.97 Å². The van der Waals surface area contributed by atoms with Gasteiger partial charge in [0, 0.05) is 0 Å². The normalized spacial score (nSPS) is 10.3. The summed E-state index contributed by atoms with van der Waals surface area (Å²) in [7, 11) is 1.09. The predicted octanol–water partition coefficient (Wildman–Crippen LogP) is 1.90.